The summed E-state index contributed by atoms with van der Waals surface area (Å²) in [6.45, 7) is 3.46. The van der Waals surface area contributed by atoms with Crippen LogP contribution in [0.4, 0.5) is 4.53 Å². The summed E-state index contributed by atoms with van der Waals surface area (Å²) in [5, 5.41) is 0. The van der Waals surface area contributed by atoms with Gasteiger partial charge in [0.25, 0.3) is 0 Å². The van der Waals surface area contributed by atoms with E-state index in [1.165, 1.54) is 0 Å². The van der Waals surface area contributed by atoms with Crippen molar-refractivity contribution >= 4 is 5.97 Å². The van der Waals surface area contributed by atoms with Gasteiger partial charge in [0.2, 0.25) is 0 Å². The van der Waals surface area contributed by atoms with Gasteiger partial charge in [-0.15, -0.1) is 6.58 Å². The van der Waals surface area contributed by atoms with E-state index in [2.05, 4.69) is 11.5 Å². The van der Waals surface area contributed by atoms with E-state index < -0.39 is 5.97 Å². The predicted octanol–water partition coefficient (Wildman–Crippen LogP) is 1.24. The van der Waals surface area contributed by atoms with Gasteiger partial charge >= 0.3 is 5.97 Å². The van der Waals surface area contributed by atoms with Crippen molar-refractivity contribution in [3.05, 3.63) is 12.7 Å². The van der Waals surface area contributed by atoms with Gasteiger partial charge in [-0.3, -0.25) is 4.94 Å². The molecule has 0 aromatic heterocycles. The van der Waals surface area contributed by atoms with E-state index in [0.717, 1.165) is 0 Å². The lowest BCUT2D eigenvalue weighted by Crippen LogP contribution is -2.00. The molecule has 1 fully saturated rings. The lowest BCUT2D eigenvalue weighted by molar-refractivity contribution is -0.185. The summed E-state index contributed by atoms with van der Waals surface area (Å²) in [5.74, 6) is -0.874. The van der Waals surface area contributed by atoms with Crippen molar-refractivity contribution in [2.24, 2.45) is 11.8 Å². The first kappa shape index (κ1) is 6.26. The Labute approximate surface area is 52.2 Å². The monoisotopic (exact) mass is 130 g/mol. The standard InChI is InChI=1S/C6H7FO2/c1-2-4-3-5(4)6(8)9-7/h2,4-5H,1,3H2. The van der Waals surface area contributed by atoms with Crippen molar-refractivity contribution < 1.29 is 14.3 Å². The molecule has 0 bridgehead atoms. The van der Waals surface area contributed by atoms with Gasteiger partial charge in [0, 0.05) is 4.53 Å². The zero-order chi connectivity index (χ0) is 6.85. The molecule has 0 amide bonds. The van der Waals surface area contributed by atoms with Crippen molar-refractivity contribution in [2.45, 2.75) is 6.42 Å². The Morgan fingerprint density at radius 3 is 2.89 bits per heavy atom. The summed E-state index contributed by atoms with van der Waals surface area (Å²) >= 11 is 0. The third-order valence-corrected chi connectivity index (χ3v) is 1.52. The molecule has 2 unspecified atom stereocenters. The van der Waals surface area contributed by atoms with Crippen molar-refractivity contribution in [1.29, 1.82) is 0 Å². The predicted molar refractivity (Wildman–Crippen MR) is 29.0 cm³/mol. The Balaban J connectivity index is 2.33. The molecule has 3 heteroatoms. The molecule has 1 aliphatic carbocycles. The molecule has 9 heavy (non-hydrogen) atoms. The highest BCUT2D eigenvalue weighted by molar-refractivity contribution is 5.75. The number of halogens is 1. The minimum Gasteiger partial charge on any atom is -0.255 e. The van der Waals surface area contributed by atoms with Crippen LogP contribution in [0.3, 0.4) is 0 Å². The second-order valence-electron chi connectivity index (χ2n) is 2.14. The van der Waals surface area contributed by atoms with Gasteiger partial charge in [0.1, 0.15) is 0 Å². The van der Waals surface area contributed by atoms with E-state index in [4.69, 9.17) is 0 Å². The van der Waals surface area contributed by atoms with Crippen LogP contribution >= 0.6 is 0 Å². The van der Waals surface area contributed by atoms with Crippen LogP contribution in [0.2, 0.25) is 0 Å². The molecule has 1 saturated carbocycles. The molecule has 0 aliphatic heterocycles. The largest absolute Gasteiger partial charge is 0.352 e. The van der Waals surface area contributed by atoms with Crippen LogP contribution in [0.15, 0.2) is 12.7 Å². The molecule has 0 heterocycles. The first-order chi connectivity index (χ1) is 4.29. The summed E-state index contributed by atoms with van der Waals surface area (Å²) in [7, 11) is 0. The molecule has 0 aromatic rings. The van der Waals surface area contributed by atoms with Gasteiger partial charge in [-0.2, -0.15) is 0 Å². The maximum absolute atomic E-state index is 11.1. The smallest absolute Gasteiger partial charge is 0.255 e. The van der Waals surface area contributed by atoms with Gasteiger partial charge in [-0.25, -0.2) is 4.79 Å². The highest BCUT2D eigenvalue weighted by Gasteiger charge is 2.42. The average molecular weight is 130 g/mol. The van der Waals surface area contributed by atoms with Crippen LogP contribution in [-0.4, -0.2) is 5.97 Å². The summed E-state index contributed by atoms with van der Waals surface area (Å²) in [4.78, 5) is 13.3. The summed E-state index contributed by atoms with van der Waals surface area (Å²) in [6, 6.07) is 0. The van der Waals surface area contributed by atoms with Gasteiger partial charge < -0.3 is 0 Å². The Bertz CT molecular complexity index is 144. The van der Waals surface area contributed by atoms with E-state index in [1.807, 2.05) is 0 Å². The number of carbonyl (C=O) groups is 1. The second-order valence-corrected chi connectivity index (χ2v) is 2.14. The van der Waals surface area contributed by atoms with Crippen molar-refractivity contribution in [3.8, 4) is 0 Å². The van der Waals surface area contributed by atoms with Crippen molar-refractivity contribution in [1.82, 2.24) is 0 Å². The van der Waals surface area contributed by atoms with Crippen LogP contribution in [0.25, 0.3) is 0 Å². The van der Waals surface area contributed by atoms with E-state index in [1.54, 1.807) is 6.08 Å². The lowest BCUT2D eigenvalue weighted by Gasteiger charge is -1.85. The van der Waals surface area contributed by atoms with E-state index in [-0.39, 0.29) is 11.8 Å². The van der Waals surface area contributed by atoms with E-state index in [0.29, 0.717) is 6.42 Å². The number of carbonyl (C=O) groups excluding carboxylic acids is 1. The topological polar surface area (TPSA) is 26.3 Å². The van der Waals surface area contributed by atoms with Gasteiger partial charge in [0.05, 0.1) is 5.92 Å². The fourth-order valence-electron chi connectivity index (χ4n) is 0.803. The molecule has 0 N–H and O–H groups in total. The van der Waals surface area contributed by atoms with Crippen LogP contribution < -0.4 is 0 Å². The summed E-state index contributed by atoms with van der Waals surface area (Å²) in [6.07, 6.45) is 2.33. The number of rotatable bonds is 2. The molecule has 50 valence electrons. The SMILES string of the molecule is C=CC1CC1C(=O)OF. The van der Waals surface area contributed by atoms with Crippen LogP contribution in [0.5, 0.6) is 0 Å². The van der Waals surface area contributed by atoms with Gasteiger partial charge in [0.15, 0.2) is 0 Å². The molecule has 0 radical (unpaired) electrons. The van der Waals surface area contributed by atoms with Gasteiger partial charge in [-0.1, -0.05) is 6.08 Å². The van der Waals surface area contributed by atoms with Crippen LogP contribution in [-0.2, 0) is 9.74 Å². The normalized spacial score (nSPS) is 31.2. The summed E-state index contributed by atoms with van der Waals surface area (Å²) in [5.41, 5.74) is 0. The lowest BCUT2D eigenvalue weighted by atomic mass is 10.3. The van der Waals surface area contributed by atoms with Crippen molar-refractivity contribution in [2.75, 3.05) is 0 Å². The molecule has 2 atom stereocenters. The van der Waals surface area contributed by atoms with Crippen LogP contribution in [0, 0.1) is 11.8 Å². The molecular weight excluding hydrogens is 123 g/mol. The molecule has 0 aromatic carbocycles. The zero-order valence-corrected chi connectivity index (χ0v) is 4.84. The van der Waals surface area contributed by atoms with Crippen LogP contribution in [0.1, 0.15) is 6.42 Å². The quantitative estimate of drug-likeness (QED) is 0.525. The molecule has 0 spiro atoms. The summed E-state index contributed by atoms with van der Waals surface area (Å²) < 4.78 is 11.1. The minimum atomic E-state index is -0.764. The third kappa shape index (κ3) is 1.09. The fraction of sp³-hybridized carbons (Fsp3) is 0.500. The molecular formula is C6H7FO2. The van der Waals surface area contributed by atoms with E-state index >= 15 is 0 Å². The Kier molecular flexibility index (Phi) is 1.51. The fourth-order valence-corrected chi connectivity index (χ4v) is 0.803. The maximum atomic E-state index is 11.1. The number of allylic oxidation sites excluding steroid dienone is 1. The third-order valence-electron chi connectivity index (χ3n) is 1.52. The Hall–Kier alpha value is -0.860. The second kappa shape index (κ2) is 2.17. The molecule has 2 nitrogen and oxygen atoms in total. The maximum Gasteiger partial charge on any atom is 0.352 e. The first-order valence-corrected chi connectivity index (χ1v) is 2.74. The average Bonchev–Trinajstić information content (AvgIpc) is 2.64. The highest BCUT2D eigenvalue weighted by Crippen LogP contribution is 2.40. The molecule has 0 saturated heterocycles. The number of hydrogen-bond donors (Lipinski definition) is 0. The van der Waals surface area contributed by atoms with E-state index in [9.17, 15) is 9.32 Å². The van der Waals surface area contributed by atoms with Gasteiger partial charge in [-0.05, 0) is 12.3 Å². The zero-order valence-electron chi connectivity index (χ0n) is 4.84. The Morgan fingerprint density at radius 1 is 1.89 bits per heavy atom. The first-order valence-electron chi connectivity index (χ1n) is 2.74. The molecule has 1 aliphatic rings. The molecule has 1 rings (SSSR count). The number of hydrogen-bond acceptors (Lipinski definition) is 2. The van der Waals surface area contributed by atoms with Crippen molar-refractivity contribution in [3.63, 3.8) is 0 Å². The highest BCUT2D eigenvalue weighted by atomic mass is 19.3. The minimum absolute atomic E-state index is 0.147. The Morgan fingerprint density at radius 2 is 2.56 bits per heavy atom.